The van der Waals surface area contributed by atoms with Crippen LogP contribution >= 0.6 is 0 Å². The fraction of sp³-hybridized carbons (Fsp3) is 0.405. The van der Waals surface area contributed by atoms with Gasteiger partial charge in [0.25, 0.3) is 5.91 Å². The van der Waals surface area contributed by atoms with Gasteiger partial charge in [-0.25, -0.2) is 4.39 Å². The molecule has 4 aliphatic rings. The Kier molecular flexibility index (Phi) is 8.80. The lowest BCUT2D eigenvalue weighted by Gasteiger charge is -2.35. The Morgan fingerprint density at radius 2 is 1.77 bits per heavy atom. The van der Waals surface area contributed by atoms with E-state index < -0.39 is 17.8 Å². The molecule has 4 aromatic rings. The number of rotatable bonds is 9. The molecule has 0 radical (unpaired) electrons. The Bertz CT molecular complexity index is 2140. The quantitative estimate of drug-likeness (QED) is 0.170. The number of hydrogen-bond donors (Lipinski definition) is 2. The van der Waals surface area contributed by atoms with Crippen molar-refractivity contribution in [3.05, 3.63) is 94.1 Å². The zero-order valence-corrected chi connectivity index (χ0v) is 30.3. The van der Waals surface area contributed by atoms with E-state index in [9.17, 15) is 19.6 Å². The van der Waals surface area contributed by atoms with Crippen LogP contribution < -0.4 is 15.5 Å². The summed E-state index contributed by atoms with van der Waals surface area (Å²) < 4.78 is 21.0. The predicted molar refractivity (Wildman–Crippen MR) is 198 cm³/mol. The summed E-state index contributed by atoms with van der Waals surface area (Å²) in [5, 5.41) is 19.7. The molecule has 3 heterocycles. The Balaban J connectivity index is 0.985. The van der Waals surface area contributed by atoms with E-state index >= 15 is 4.39 Å². The summed E-state index contributed by atoms with van der Waals surface area (Å²) >= 11 is 0. The van der Waals surface area contributed by atoms with Gasteiger partial charge in [0.2, 0.25) is 11.8 Å². The molecular formula is C42H43FN6O4. The first-order valence-electron chi connectivity index (χ1n) is 18.6. The van der Waals surface area contributed by atoms with Gasteiger partial charge in [-0.05, 0) is 124 Å². The maximum Gasteiger partial charge on any atom is 0.255 e. The highest BCUT2D eigenvalue weighted by molar-refractivity contribution is 6.05. The van der Waals surface area contributed by atoms with Crippen LogP contribution in [0.5, 0.6) is 0 Å². The summed E-state index contributed by atoms with van der Waals surface area (Å²) in [6.07, 6.45) is 5.84. The minimum Gasteiger partial charge on any atom is -0.380 e. The number of imide groups is 1. The summed E-state index contributed by atoms with van der Waals surface area (Å²) in [7, 11) is 0. The van der Waals surface area contributed by atoms with E-state index in [0.717, 1.165) is 90.2 Å². The fourth-order valence-electron chi connectivity index (χ4n) is 8.51. The van der Waals surface area contributed by atoms with Crippen LogP contribution in [0, 0.1) is 43.8 Å². The number of aryl methyl sites for hydroxylation is 3. The number of anilines is 3. The molecular weight excluding hydrogens is 671 g/mol. The van der Waals surface area contributed by atoms with Crippen LogP contribution in [0.4, 0.5) is 21.5 Å². The lowest BCUT2D eigenvalue weighted by atomic mass is 9.85. The summed E-state index contributed by atoms with van der Waals surface area (Å²) in [5.74, 6) is -0.537. The molecule has 53 heavy (non-hydrogen) atoms. The number of halogens is 1. The standard InChI is InChI=1S/C42H43FN6O4/c1-24-4-7-28(39-25(2)47-53-26(39)3)19-37(24)48(32-12-8-30(9-13-32)42(23-44)16-17-42)21-27-5-10-31(11-6-27)45-35-18-29-22-49(41(52)33(29)20-34(35)43)36-14-15-38(50)46-40(36)51/h4,7-9,12-13,18-20,27,31,36,45H,5-6,10-11,14-17,21-22H2,1-3H3,(H,46,50,51)/t27-,31-,36?. The van der Waals surface area contributed by atoms with Gasteiger partial charge in [0.05, 0.1) is 22.9 Å². The lowest BCUT2D eigenvalue weighted by Crippen LogP contribution is -2.52. The highest BCUT2D eigenvalue weighted by atomic mass is 19.1. The number of aromatic nitrogens is 1. The molecule has 3 fully saturated rings. The molecule has 1 unspecified atom stereocenters. The number of piperidine rings is 1. The third-order valence-electron chi connectivity index (χ3n) is 11.8. The van der Waals surface area contributed by atoms with Gasteiger partial charge >= 0.3 is 0 Å². The number of nitriles is 1. The molecule has 11 heteroatoms. The maximum atomic E-state index is 15.5. The molecule has 2 saturated carbocycles. The third kappa shape index (κ3) is 6.45. The minimum absolute atomic E-state index is 0.0696. The van der Waals surface area contributed by atoms with Gasteiger partial charge in [-0.15, -0.1) is 0 Å². The Hall–Kier alpha value is -5.50. The second kappa shape index (κ2) is 13.5. The van der Waals surface area contributed by atoms with E-state index in [4.69, 9.17) is 4.52 Å². The molecule has 3 amide bonds. The van der Waals surface area contributed by atoms with Crippen LogP contribution in [-0.4, -0.2) is 46.4 Å². The topological polar surface area (TPSA) is 132 Å². The molecule has 1 atom stereocenters. The average Bonchev–Trinajstić information content (AvgIpc) is 3.80. The molecule has 0 bridgehead atoms. The van der Waals surface area contributed by atoms with Crippen LogP contribution in [0.3, 0.4) is 0 Å². The molecule has 2 aliphatic heterocycles. The van der Waals surface area contributed by atoms with Gasteiger partial charge in [0.15, 0.2) is 0 Å². The van der Waals surface area contributed by atoms with Gasteiger partial charge in [0.1, 0.15) is 17.6 Å². The van der Waals surface area contributed by atoms with Crippen molar-refractivity contribution in [2.24, 2.45) is 5.92 Å². The zero-order chi connectivity index (χ0) is 37.0. The van der Waals surface area contributed by atoms with E-state index in [0.29, 0.717) is 17.2 Å². The van der Waals surface area contributed by atoms with Crippen molar-refractivity contribution in [2.45, 2.75) is 96.2 Å². The van der Waals surface area contributed by atoms with Crippen molar-refractivity contribution in [1.29, 1.82) is 5.26 Å². The lowest BCUT2D eigenvalue weighted by molar-refractivity contribution is -0.136. The molecule has 2 aliphatic carbocycles. The first kappa shape index (κ1) is 34.6. The van der Waals surface area contributed by atoms with Crippen LogP contribution in [0.1, 0.15) is 89.9 Å². The van der Waals surface area contributed by atoms with Crippen molar-refractivity contribution in [3.8, 4) is 17.2 Å². The predicted octanol–water partition coefficient (Wildman–Crippen LogP) is 7.53. The van der Waals surface area contributed by atoms with Crippen LogP contribution in [0.25, 0.3) is 11.1 Å². The fourth-order valence-corrected chi connectivity index (χ4v) is 8.51. The van der Waals surface area contributed by atoms with Gasteiger partial charge in [-0.1, -0.05) is 29.4 Å². The number of nitrogens with one attached hydrogen (secondary N) is 2. The zero-order valence-electron chi connectivity index (χ0n) is 30.3. The van der Waals surface area contributed by atoms with Crippen molar-refractivity contribution in [1.82, 2.24) is 15.4 Å². The average molecular weight is 715 g/mol. The number of carbonyl (C=O) groups is 3. The van der Waals surface area contributed by atoms with Crippen LogP contribution in [0.2, 0.25) is 0 Å². The number of amides is 3. The molecule has 8 rings (SSSR count). The van der Waals surface area contributed by atoms with Gasteiger partial charge in [-0.2, -0.15) is 5.26 Å². The van der Waals surface area contributed by atoms with Crippen molar-refractivity contribution >= 4 is 34.8 Å². The van der Waals surface area contributed by atoms with Crippen LogP contribution in [-0.2, 0) is 21.5 Å². The molecule has 2 N–H and O–H groups in total. The van der Waals surface area contributed by atoms with E-state index in [-0.39, 0.29) is 48.2 Å². The summed E-state index contributed by atoms with van der Waals surface area (Å²) in [6.45, 7) is 7.03. The molecule has 3 aromatic carbocycles. The second-order valence-electron chi connectivity index (χ2n) is 15.3. The Labute approximate surface area is 308 Å². The number of carbonyl (C=O) groups excluding carboxylic acids is 3. The monoisotopic (exact) mass is 714 g/mol. The van der Waals surface area contributed by atoms with E-state index in [1.54, 1.807) is 6.07 Å². The molecule has 1 saturated heterocycles. The highest BCUT2D eigenvalue weighted by Crippen LogP contribution is 2.48. The molecule has 272 valence electrons. The number of nitrogens with zero attached hydrogens (tertiary/aromatic N) is 4. The summed E-state index contributed by atoms with van der Waals surface area (Å²) in [5.41, 5.74) is 8.27. The molecule has 1 aromatic heterocycles. The van der Waals surface area contributed by atoms with Crippen LogP contribution in [0.15, 0.2) is 59.1 Å². The smallest absolute Gasteiger partial charge is 0.255 e. The second-order valence-corrected chi connectivity index (χ2v) is 15.3. The SMILES string of the molecule is Cc1ccc(-c2c(C)noc2C)cc1N(C[C@H]1CC[C@H](Nc2cc3c(cc2F)C(=O)N(C2CCC(=O)NC2=O)C3)CC1)c1ccc(C2(C#N)CC2)cc1. The minimum atomic E-state index is -0.741. The third-order valence-corrected chi connectivity index (χ3v) is 11.8. The normalized spacial score (nSPS) is 21.9. The van der Waals surface area contributed by atoms with E-state index in [1.165, 1.54) is 11.0 Å². The molecule has 10 nitrogen and oxygen atoms in total. The number of benzene rings is 3. The van der Waals surface area contributed by atoms with E-state index in [2.05, 4.69) is 76.1 Å². The Morgan fingerprint density at radius 3 is 2.43 bits per heavy atom. The van der Waals surface area contributed by atoms with Gasteiger partial charge in [-0.3, -0.25) is 19.7 Å². The van der Waals surface area contributed by atoms with E-state index in [1.807, 2.05) is 13.8 Å². The van der Waals surface area contributed by atoms with Gasteiger partial charge < -0.3 is 19.6 Å². The van der Waals surface area contributed by atoms with Crippen molar-refractivity contribution in [2.75, 3.05) is 16.8 Å². The van der Waals surface area contributed by atoms with Crippen molar-refractivity contribution < 1.29 is 23.3 Å². The first-order chi connectivity index (χ1) is 25.5. The van der Waals surface area contributed by atoms with Crippen molar-refractivity contribution in [3.63, 3.8) is 0 Å². The first-order valence-corrected chi connectivity index (χ1v) is 18.6. The summed E-state index contributed by atoms with van der Waals surface area (Å²) in [4.78, 5) is 41.1. The molecule has 0 spiro atoms. The summed E-state index contributed by atoms with van der Waals surface area (Å²) in [6, 6.07) is 19.8. The Morgan fingerprint density at radius 1 is 1.02 bits per heavy atom. The number of fused-ring (bicyclic) bond motifs is 1. The highest BCUT2D eigenvalue weighted by Gasteiger charge is 2.45. The van der Waals surface area contributed by atoms with Gasteiger partial charge in [0, 0.05) is 48.1 Å². The maximum absolute atomic E-state index is 15.5. The largest absolute Gasteiger partial charge is 0.380 e. The number of hydrogen-bond acceptors (Lipinski definition) is 8.